The van der Waals surface area contributed by atoms with E-state index in [0.29, 0.717) is 43.8 Å². The van der Waals surface area contributed by atoms with Crippen molar-refractivity contribution in [1.82, 2.24) is 4.90 Å². The Balaban J connectivity index is 1.56. The summed E-state index contributed by atoms with van der Waals surface area (Å²) in [4.78, 5) is 28.9. The first-order chi connectivity index (χ1) is 16.6. The Hall–Kier alpha value is -3.74. The maximum Gasteiger partial charge on any atom is 0.417 e. The van der Waals surface area contributed by atoms with Crippen LogP contribution in [-0.2, 0) is 11.0 Å². The van der Waals surface area contributed by atoms with Crippen molar-refractivity contribution >= 4 is 17.5 Å². The highest BCUT2D eigenvalue weighted by Crippen LogP contribution is 2.47. The second-order valence-electron chi connectivity index (χ2n) is 9.03. The molecule has 184 valence electrons. The van der Waals surface area contributed by atoms with Crippen LogP contribution in [0.4, 0.5) is 18.9 Å². The van der Waals surface area contributed by atoms with Crippen molar-refractivity contribution in [2.24, 2.45) is 17.1 Å². The van der Waals surface area contributed by atoms with Crippen molar-refractivity contribution in [1.29, 1.82) is 5.26 Å². The molecule has 0 aliphatic carbocycles. The van der Waals surface area contributed by atoms with Gasteiger partial charge in [0.15, 0.2) is 0 Å². The SMILES string of the molecule is COc1ccccc1C(=O)N1CCC2(CC1)CN(c1ccc(C#N)c(C(F)(F)F)c1)CC2C(N)=O. The number of benzene rings is 2. The van der Waals surface area contributed by atoms with Crippen LogP contribution in [0.15, 0.2) is 42.5 Å². The van der Waals surface area contributed by atoms with Crippen LogP contribution >= 0.6 is 0 Å². The lowest BCUT2D eigenvalue weighted by molar-refractivity contribution is -0.137. The zero-order valence-electron chi connectivity index (χ0n) is 19.1. The zero-order chi connectivity index (χ0) is 25.4. The van der Waals surface area contributed by atoms with Crippen LogP contribution in [0.3, 0.4) is 0 Å². The monoisotopic (exact) mass is 486 g/mol. The van der Waals surface area contributed by atoms with Gasteiger partial charge in [0.1, 0.15) is 5.75 Å². The maximum absolute atomic E-state index is 13.5. The molecule has 2 saturated heterocycles. The number of hydrogen-bond acceptors (Lipinski definition) is 5. The number of alkyl halides is 3. The summed E-state index contributed by atoms with van der Waals surface area (Å²) in [6.45, 7) is 1.28. The minimum absolute atomic E-state index is 0.176. The smallest absolute Gasteiger partial charge is 0.417 e. The molecule has 2 aliphatic rings. The molecule has 0 radical (unpaired) electrons. The molecule has 0 saturated carbocycles. The van der Waals surface area contributed by atoms with Gasteiger partial charge in [-0.2, -0.15) is 18.4 Å². The van der Waals surface area contributed by atoms with E-state index in [1.807, 2.05) is 0 Å². The number of nitrogens with zero attached hydrogens (tertiary/aromatic N) is 3. The van der Waals surface area contributed by atoms with Crippen molar-refractivity contribution in [2.75, 3.05) is 38.2 Å². The Morgan fingerprint density at radius 1 is 1.17 bits per heavy atom. The van der Waals surface area contributed by atoms with E-state index in [4.69, 9.17) is 15.7 Å². The molecule has 10 heteroatoms. The fourth-order valence-corrected chi connectivity index (χ4v) is 5.27. The van der Waals surface area contributed by atoms with E-state index in [9.17, 15) is 22.8 Å². The first-order valence-corrected chi connectivity index (χ1v) is 11.2. The molecule has 4 rings (SSSR count). The molecule has 2 aromatic rings. The minimum atomic E-state index is -4.67. The lowest BCUT2D eigenvalue weighted by atomic mass is 9.70. The van der Waals surface area contributed by atoms with E-state index in [1.54, 1.807) is 40.1 Å². The Morgan fingerprint density at radius 3 is 2.46 bits per heavy atom. The number of likely N-dealkylation sites (tertiary alicyclic amines) is 1. The summed E-state index contributed by atoms with van der Waals surface area (Å²) in [6, 6.07) is 12.1. The third-order valence-electron chi connectivity index (χ3n) is 7.17. The number of halogens is 3. The van der Waals surface area contributed by atoms with Crippen molar-refractivity contribution in [3.8, 4) is 11.8 Å². The molecule has 1 unspecified atom stereocenters. The van der Waals surface area contributed by atoms with Crippen LogP contribution in [0.25, 0.3) is 0 Å². The van der Waals surface area contributed by atoms with Gasteiger partial charge in [0.05, 0.1) is 35.8 Å². The van der Waals surface area contributed by atoms with Gasteiger partial charge in [0, 0.05) is 37.3 Å². The number of nitrogens with two attached hydrogens (primary N) is 1. The molecule has 2 fully saturated rings. The molecule has 1 atom stereocenters. The topological polar surface area (TPSA) is 99.7 Å². The molecule has 1 spiro atoms. The number of primary amides is 1. The van der Waals surface area contributed by atoms with Gasteiger partial charge in [-0.15, -0.1) is 0 Å². The highest BCUT2D eigenvalue weighted by molar-refractivity contribution is 5.97. The number of carbonyl (C=O) groups is 2. The first-order valence-electron chi connectivity index (χ1n) is 11.2. The number of rotatable bonds is 4. The molecular formula is C25H25F3N4O3. The van der Waals surface area contributed by atoms with E-state index < -0.39 is 34.5 Å². The van der Waals surface area contributed by atoms with Crippen LogP contribution < -0.4 is 15.4 Å². The second-order valence-corrected chi connectivity index (χ2v) is 9.03. The van der Waals surface area contributed by atoms with E-state index in [0.717, 1.165) is 12.1 Å². The largest absolute Gasteiger partial charge is 0.496 e. The maximum atomic E-state index is 13.5. The van der Waals surface area contributed by atoms with Gasteiger partial charge in [-0.25, -0.2) is 0 Å². The molecule has 2 aromatic carbocycles. The Bertz CT molecular complexity index is 1180. The second kappa shape index (κ2) is 9.13. The lowest BCUT2D eigenvalue weighted by Gasteiger charge is -2.41. The lowest BCUT2D eigenvalue weighted by Crippen LogP contribution is -2.49. The summed E-state index contributed by atoms with van der Waals surface area (Å²) in [5.74, 6) is -0.788. The van der Waals surface area contributed by atoms with Gasteiger partial charge in [0.2, 0.25) is 5.91 Å². The average molecular weight is 486 g/mol. The molecular weight excluding hydrogens is 461 g/mol. The number of carbonyl (C=O) groups excluding carboxylic acids is 2. The predicted molar refractivity (Wildman–Crippen MR) is 122 cm³/mol. The number of amides is 2. The van der Waals surface area contributed by atoms with Crippen molar-refractivity contribution in [2.45, 2.75) is 19.0 Å². The zero-order valence-corrected chi connectivity index (χ0v) is 19.1. The van der Waals surface area contributed by atoms with E-state index in [2.05, 4.69) is 0 Å². The number of methoxy groups -OCH3 is 1. The number of piperidine rings is 1. The molecule has 2 heterocycles. The molecule has 2 amide bonds. The summed E-state index contributed by atoms with van der Waals surface area (Å²) in [5.41, 5.74) is 4.44. The van der Waals surface area contributed by atoms with Gasteiger partial charge in [0.25, 0.3) is 5.91 Å². The van der Waals surface area contributed by atoms with Gasteiger partial charge < -0.3 is 20.3 Å². The molecule has 7 nitrogen and oxygen atoms in total. The number of ether oxygens (including phenoxy) is 1. The number of nitriles is 1. The van der Waals surface area contributed by atoms with Crippen LogP contribution in [0, 0.1) is 22.7 Å². The van der Waals surface area contributed by atoms with Crippen molar-refractivity contribution < 1.29 is 27.5 Å². The van der Waals surface area contributed by atoms with Crippen LogP contribution in [0.2, 0.25) is 0 Å². The summed E-state index contributed by atoms with van der Waals surface area (Å²) in [7, 11) is 1.50. The number of para-hydroxylation sites is 1. The quantitative estimate of drug-likeness (QED) is 0.714. The minimum Gasteiger partial charge on any atom is -0.496 e. The van der Waals surface area contributed by atoms with Crippen LogP contribution in [0.1, 0.15) is 34.3 Å². The van der Waals surface area contributed by atoms with E-state index >= 15 is 0 Å². The highest BCUT2D eigenvalue weighted by atomic mass is 19.4. The summed E-state index contributed by atoms with van der Waals surface area (Å²) >= 11 is 0. The normalized spacial score (nSPS) is 19.5. The van der Waals surface area contributed by atoms with Crippen molar-refractivity contribution in [3.63, 3.8) is 0 Å². The van der Waals surface area contributed by atoms with Crippen molar-refractivity contribution in [3.05, 3.63) is 59.2 Å². The highest BCUT2D eigenvalue weighted by Gasteiger charge is 2.51. The third-order valence-corrected chi connectivity index (χ3v) is 7.17. The molecule has 0 aromatic heterocycles. The summed E-state index contributed by atoms with van der Waals surface area (Å²) in [6.07, 6.45) is -3.70. The Labute approximate surface area is 200 Å². The van der Waals surface area contributed by atoms with Crippen LogP contribution in [-0.4, -0.2) is 50.0 Å². The van der Waals surface area contributed by atoms with Crippen LogP contribution in [0.5, 0.6) is 5.75 Å². The van der Waals surface area contributed by atoms with E-state index in [1.165, 1.54) is 13.2 Å². The van der Waals surface area contributed by atoms with Gasteiger partial charge in [-0.3, -0.25) is 9.59 Å². The fourth-order valence-electron chi connectivity index (χ4n) is 5.27. The van der Waals surface area contributed by atoms with E-state index in [-0.39, 0.29) is 18.1 Å². The Morgan fingerprint density at radius 2 is 1.86 bits per heavy atom. The molecule has 2 N–H and O–H groups in total. The Kier molecular flexibility index (Phi) is 6.36. The number of anilines is 1. The van der Waals surface area contributed by atoms with Gasteiger partial charge in [-0.1, -0.05) is 12.1 Å². The molecule has 35 heavy (non-hydrogen) atoms. The van der Waals surface area contributed by atoms with Gasteiger partial charge in [-0.05, 0) is 43.2 Å². The summed E-state index contributed by atoms with van der Waals surface area (Å²) in [5, 5.41) is 9.07. The molecule has 0 bridgehead atoms. The predicted octanol–water partition coefficient (Wildman–Crippen LogP) is 3.43. The average Bonchev–Trinajstić information content (AvgIpc) is 3.22. The molecule has 2 aliphatic heterocycles. The fraction of sp³-hybridized carbons (Fsp3) is 0.400. The standard InChI is InChI=1S/C25H25F3N4O3/c1-35-21-5-3-2-4-18(21)23(34)31-10-8-24(9-11-31)15-32(14-20(24)22(30)33)17-7-6-16(13-29)19(12-17)25(26,27)28/h2-7,12,20H,8-11,14-15H2,1H3,(H2,30,33). The number of hydrogen-bond donors (Lipinski definition) is 1. The first kappa shape index (κ1) is 24.4. The summed E-state index contributed by atoms with van der Waals surface area (Å²) < 4.78 is 45.7. The van der Waals surface area contributed by atoms with Gasteiger partial charge >= 0.3 is 6.18 Å². The third kappa shape index (κ3) is 4.50.